The van der Waals surface area contributed by atoms with Gasteiger partial charge in [-0.2, -0.15) is 0 Å². The molecule has 0 saturated carbocycles. The van der Waals surface area contributed by atoms with Gasteiger partial charge in [0.25, 0.3) is 0 Å². The first-order valence-corrected chi connectivity index (χ1v) is 13.2. The molecule has 0 saturated heterocycles. The van der Waals surface area contributed by atoms with Gasteiger partial charge in [-0.25, -0.2) is 0 Å². The number of hydrogen-bond donors (Lipinski definition) is 1. The topological polar surface area (TPSA) is 43.1 Å². The Morgan fingerprint density at radius 3 is 1.28 bits per heavy atom. The summed E-state index contributed by atoms with van der Waals surface area (Å²) in [4.78, 5) is 11.7. The second-order valence-electron chi connectivity index (χ2n) is 9.00. The van der Waals surface area contributed by atoms with E-state index in [1.165, 1.54) is 122 Å². The molecule has 0 aromatic carbocycles. The molecule has 2 nitrogen and oxygen atoms in total. The van der Waals surface area contributed by atoms with Crippen LogP contribution in [0.1, 0.15) is 155 Å². The third kappa shape index (κ3) is 21.7. The van der Waals surface area contributed by atoms with Gasteiger partial charge in [0.2, 0.25) is 5.91 Å². The van der Waals surface area contributed by atoms with Gasteiger partial charge >= 0.3 is 0 Å². The second-order valence-corrected chi connectivity index (χ2v) is 9.00. The highest BCUT2D eigenvalue weighted by molar-refractivity contribution is 5.91. The van der Waals surface area contributed by atoms with Crippen LogP contribution in [-0.2, 0) is 4.79 Å². The van der Waals surface area contributed by atoms with E-state index in [0.717, 1.165) is 24.8 Å². The first kappa shape index (κ1) is 28.2. The number of primary amides is 1. The fraction of sp³-hybridized carbons (Fsp3) is 0.889. The SMILES string of the molecule is CCCCCCCCCCCC/C=C(/CCCCCCCCCCCC)C(N)=O. The minimum Gasteiger partial charge on any atom is -0.366 e. The van der Waals surface area contributed by atoms with Crippen molar-refractivity contribution in [2.75, 3.05) is 0 Å². The van der Waals surface area contributed by atoms with Crippen molar-refractivity contribution in [3.63, 3.8) is 0 Å². The fourth-order valence-corrected chi connectivity index (χ4v) is 4.04. The van der Waals surface area contributed by atoms with Crippen molar-refractivity contribution < 1.29 is 4.79 Å². The van der Waals surface area contributed by atoms with Gasteiger partial charge in [0.15, 0.2) is 0 Å². The van der Waals surface area contributed by atoms with Crippen LogP contribution in [0.2, 0.25) is 0 Å². The zero-order chi connectivity index (χ0) is 21.4. The smallest absolute Gasteiger partial charge is 0.244 e. The molecule has 29 heavy (non-hydrogen) atoms. The molecule has 0 unspecified atom stereocenters. The largest absolute Gasteiger partial charge is 0.366 e. The zero-order valence-corrected chi connectivity index (χ0v) is 20.1. The third-order valence-corrected chi connectivity index (χ3v) is 6.06. The summed E-state index contributed by atoms with van der Waals surface area (Å²) in [5, 5.41) is 0. The Kier molecular flexibility index (Phi) is 22.8. The standard InChI is InChI=1S/C27H53NO/c1-3-5-7-9-11-13-15-17-19-21-23-25-26(27(28)29)24-22-20-18-16-14-12-10-8-6-4-2/h25H,3-24H2,1-2H3,(H2,28,29)/b26-25-. The fourth-order valence-electron chi connectivity index (χ4n) is 4.04. The second kappa shape index (κ2) is 23.5. The Hall–Kier alpha value is -0.790. The molecular weight excluding hydrogens is 354 g/mol. The molecule has 0 aromatic heterocycles. The van der Waals surface area contributed by atoms with Crippen LogP contribution in [0.25, 0.3) is 0 Å². The Labute approximate surface area is 183 Å². The molecule has 0 bridgehead atoms. The number of allylic oxidation sites excluding steroid dienone is 1. The van der Waals surface area contributed by atoms with Crippen LogP contribution in [0.5, 0.6) is 0 Å². The molecule has 0 fully saturated rings. The lowest BCUT2D eigenvalue weighted by molar-refractivity contribution is -0.114. The first-order valence-electron chi connectivity index (χ1n) is 13.2. The Balaban J connectivity index is 3.56. The van der Waals surface area contributed by atoms with Crippen molar-refractivity contribution >= 4 is 5.91 Å². The van der Waals surface area contributed by atoms with E-state index >= 15 is 0 Å². The van der Waals surface area contributed by atoms with Gasteiger partial charge in [0.1, 0.15) is 0 Å². The van der Waals surface area contributed by atoms with E-state index in [0.29, 0.717) is 0 Å². The summed E-state index contributed by atoms with van der Waals surface area (Å²) in [7, 11) is 0. The van der Waals surface area contributed by atoms with Crippen LogP contribution in [0.15, 0.2) is 11.6 Å². The molecule has 0 rings (SSSR count). The van der Waals surface area contributed by atoms with Crippen molar-refractivity contribution in [1.82, 2.24) is 0 Å². The van der Waals surface area contributed by atoms with E-state index in [4.69, 9.17) is 5.73 Å². The van der Waals surface area contributed by atoms with Crippen molar-refractivity contribution in [1.29, 1.82) is 0 Å². The van der Waals surface area contributed by atoms with Gasteiger partial charge in [-0.3, -0.25) is 4.79 Å². The zero-order valence-electron chi connectivity index (χ0n) is 20.1. The number of unbranched alkanes of at least 4 members (excludes halogenated alkanes) is 19. The lowest BCUT2D eigenvalue weighted by atomic mass is 10.0. The first-order chi connectivity index (χ1) is 14.2. The predicted octanol–water partition coefficient (Wildman–Crippen LogP) is 9.02. The van der Waals surface area contributed by atoms with Crippen molar-refractivity contribution in [3.8, 4) is 0 Å². The van der Waals surface area contributed by atoms with Crippen LogP contribution in [-0.4, -0.2) is 5.91 Å². The average molecular weight is 408 g/mol. The number of nitrogens with two attached hydrogens (primary N) is 1. The molecule has 2 N–H and O–H groups in total. The number of rotatable bonds is 23. The van der Waals surface area contributed by atoms with Crippen molar-refractivity contribution in [3.05, 3.63) is 11.6 Å². The molecule has 2 heteroatoms. The summed E-state index contributed by atoms with van der Waals surface area (Å²) in [5.41, 5.74) is 6.46. The average Bonchev–Trinajstić information content (AvgIpc) is 2.71. The number of carbonyl (C=O) groups is 1. The lowest BCUT2D eigenvalue weighted by Crippen LogP contribution is -2.14. The maximum atomic E-state index is 11.7. The number of amides is 1. The van der Waals surface area contributed by atoms with E-state index in [2.05, 4.69) is 19.9 Å². The Bertz CT molecular complexity index is 375. The van der Waals surface area contributed by atoms with Crippen LogP contribution in [0, 0.1) is 0 Å². The van der Waals surface area contributed by atoms with E-state index in [9.17, 15) is 4.79 Å². The highest BCUT2D eigenvalue weighted by Gasteiger charge is 2.04. The van der Waals surface area contributed by atoms with Gasteiger partial charge in [0, 0.05) is 5.57 Å². The quantitative estimate of drug-likeness (QED) is 0.133. The normalized spacial score (nSPS) is 11.9. The molecule has 0 aliphatic rings. The summed E-state index contributed by atoms with van der Waals surface area (Å²) in [6, 6.07) is 0. The maximum Gasteiger partial charge on any atom is 0.244 e. The van der Waals surface area contributed by atoms with E-state index < -0.39 is 0 Å². The molecule has 0 aromatic rings. The summed E-state index contributed by atoms with van der Waals surface area (Å²) >= 11 is 0. The Morgan fingerprint density at radius 2 is 0.897 bits per heavy atom. The van der Waals surface area contributed by atoms with Crippen LogP contribution in [0.4, 0.5) is 0 Å². The molecule has 0 heterocycles. The number of hydrogen-bond acceptors (Lipinski definition) is 1. The summed E-state index contributed by atoms with van der Waals surface area (Å²) in [6.07, 6.45) is 30.9. The highest BCUT2D eigenvalue weighted by atomic mass is 16.1. The number of carbonyl (C=O) groups excluding carboxylic acids is 1. The van der Waals surface area contributed by atoms with Crippen molar-refractivity contribution in [2.24, 2.45) is 5.73 Å². The third-order valence-electron chi connectivity index (χ3n) is 6.06. The van der Waals surface area contributed by atoms with Crippen LogP contribution < -0.4 is 5.73 Å². The van der Waals surface area contributed by atoms with Gasteiger partial charge in [-0.05, 0) is 25.7 Å². The van der Waals surface area contributed by atoms with E-state index in [-0.39, 0.29) is 5.91 Å². The molecule has 0 radical (unpaired) electrons. The van der Waals surface area contributed by atoms with Crippen LogP contribution >= 0.6 is 0 Å². The van der Waals surface area contributed by atoms with Gasteiger partial charge in [-0.1, -0.05) is 135 Å². The summed E-state index contributed by atoms with van der Waals surface area (Å²) in [5.74, 6) is -0.201. The van der Waals surface area contributed by atoms with Crippen molar-refractivity contribution in [2.45, 2.75) is 155 Å². The molecule has 0 spiro atoms. The summed E-state index contributed by atoms with van der Waals surface area (Å²) < 4.78 is 0. The lowest BCUT2D eigenvalue weighted by Gasteiger charge is -2.05. The van der Waals surface area contributed by atoms with Crippen LogP contribution in [0.3, 0.4) is 0 Å². The molecule has 0 aliphatic carbocycles. The van der Waals surface area contributed by atoms with E-state index in [1.807, 2.05) is 0 Å². The predicted molar refractivity (Wildman–Crippen MR) is 130 cm³/mol. The highest BCUT2D eigenvalue weighted by Crippen LogP contribution is 2.16. The van der Waals surface area contributed by atoms with Gasteiger partial charge in [0.05, 0.1) is 0 Å². The van der Waals surface area contributed by atoms with Gasteiger partial charge < -0.3 is 5.73 Å². The molecule has 172 valence electrons. The summed E-state index contributed by atoms with van der Waals surface area (Å²) in [6.45, 7) is 4.54. The minimum absolute atomic E-state index is 0.201. The molecule has 0 atom stereocenters. The molecular formula is C27H53NO. The van der Waals surface area contributed by atoms with Gasteiger partial charge in [-0.15, -0.1) is 0 Å². The Morgan fingerprint density at radius 1 is 0.552 bits per heavy atom. The maximum absolute atomic E-state index is 11.7. The minimum atomic E-state index is -0.201. The molecule has 1 amide bonds. The monoisotopic (exact) mass is 407 g/mol. The van der Waals surface area contributed by atoms with E-state index in [1.54, 1.807) is 0 Å². The molecule has 0 aliphatic heterocycles.